The highest BCUT2D eigenvalue weighted by Gasteiger charge is 2.15. The molecule has 100 valence electrons. The number of rotatable bonds is 5. The third-order valence-electron chi connectivity index (χ3n) is 2.85. The molecule has 1 atom stereocenters. The van der Waals surface area contributed by atoms with Crippen LogP contribution in [-0.4, -0.2) is 23.5 Å². The van der Waals surface area contributed by atoms with E-state index in [1.54, 1.807) is 0 Å². The van der Waals surface area contributed by atoms with Crippen molar-refractivity contribution in [3.63, 3.8) is 0 Å². The van der Waals surface area contributed by atoms with E-state index in [1.807, 2.05) is 26.0 Å². The highest BCUT2D eigenvalue weighted by Crippen LogP contribution is 2.09. The normalized spacial score (nSPS) is 12.6. The van der Waals surface area contributed by atoms with Gasteiger partial charge < -0.3 is 11.1 Å². The Morgan fingerprint density at radius 3 is 2.56 bits per heavy atom. The topological polar surface area (TPSA) is 68.0 Å². The Labute approximate surface area is 109 Å². The number of hydrogen-bond donors (Lipinski definition) is 2. The molecule has 0 spiro atoms. The van der Waals surface area contributed by atoms with Crippen molar-refractivity contribution in [2.75, 3.05) is 6.54 Å². The lowest BCUT2D eigenvalue weighted by Gasteiger charge is -2.19. The van der Waals surface area contributed by atoms with Crippen molar-refractivity contribution in [2.24, 2.45) is 11.7 Å². The van der Waals surface area contributed by atoms with Gasteiger partial charge in [-0.1, -0.05) is 13.8 Å². The minimum absolute atomic E-state index is 0.0261. The van der Waals surface area contributed by atoms with Crippen LogP contribution < -0.4 is 11.1 Å². The summed E-state index contributed by atoms with van der Waals surface area (Å²) >= 11 is 0. The Morgan fingerprint density at radius 1 is 1.39 bits per heavy atom. The van der Waals surface area contributed by atoms with Crippen molar-refractivity contribution in [1.29, 1.82) is 0 Å². The van der Waals surface area contributed by atoms with Gasteiger partial charge in [0.1, 0.15) is 0 Å². The number of nitrogens with two attached hydrogens (primary N) is 1. The minimum Gasteiger partial charge on any atom is -0.348 e. The number of aromatic nitrogens is 1. The number of hydrogen-bond acceptors (Lipinski definition) is 3. The van der Waals surface area contributed by atoms with E-state index >= 15 is 0 Å². The molecule has 0 radical (unpaired) electrons. The van der Waals surface area contributed by atoms with Gasteiger partial charge in [-0.25, -0.2) is 0 Å². The molecule has 4 nitrogen and oxygen atoms in total. The quantitative estimate of drug-likeness (QED) is 0.836. The summed E-state index contributed by atoms with van der Waals surface area (Å²) in [5, 5.41) is 2.97. The molecule has 1 heterocycles. The van der Waals surface area contributed by atoms with Crippen LogP contribution in [0.5, 0.6) is 0 Å². The molecule has 0 bridgehead atoms. The fourth-order valence-electron chi connectivity index (χ4n) is 1.97. The maximum absolute atomic E-state index is 12.1. The smallest absolute Gasteiger partial charge is 0.253 e. The molecule has 0 aromatic carbocycles. The zero-order valence-corrected chi connectivity index (χ0v) is 11.7. The molecule has 0 aliphatic heterocycles. The van der Waals surface area contributed by atoms with Crippen LogP contribution in [0.3, 0.4) is 0 Å². The molecule has 3 N–H and O–H groups in total. The number of nitrogens with one attached hydrogen (secondary N) is 1. The van der Waals surface area contributed by atoms with Crippen LogP contribution in [0, 0.1) is 19.8 Å². The van der Waals surface area contributed by atoms with E-state index in [0.29, 0.717) is 18.0 Å². The second-order valence-electron chi connectivity index (χ2n) is 5.12. The van der Waals surface area contributed by atoms with Gasteiger partial charge in [-0.15, -0.1) is 0 Å². The SMILES string of the molecule is Cc1ccc(C(=O)NC(CN)CC(C)C)c(C)n1. The van der Waals surface area contributed by atoms with E-state index in [4.69, 9.17) is 5.73 Å². The molecule has 0 aliphatic rings. The predicted molar refractivity (Wildman–Crippen MR) is 73.5 cm³/mol. The summed E-state index contributed by atoms with van der Waals surface area (Å²) in [5.41, 5.74) is 7.98. The van der Waals surface area contributed by atoms with E-state index in [1.165, 1.54) is 0 Å². The van der Waals surface area contributed by atoms with Crippen LogP contribution in [0.4, 0.5) is 0 Å². The first-order chi connectivity index (χ1) is 8.43. The maximum atomic E-state index is 12.1. The number of nitrogens with zero attached hydrogens (tertiary/aromatic N) is 1. The third-order valence-corrected chi connectivity index (χ3v) is 2.85. The Hall–Kier alpha value is -1.42. The largest absolute Gasteiger partial charge is 0.348 e. The van der Waals surface area contributed by atoms with Gasteiger partial charge in [0.15, 0.2) is 0 Å². The van der Waals surface area contributed by atoms with Crippen LogP contribution in [0.2, 0.25) is 0 Å². The molecule has 4 heteroatoms. The van der Waals surface area contributed by atoms with E-state index in [9.17, 15) is 4.79 Å². The van der Waals surface area contributed by atoms with Gasteiger partial charge in [0.05, 0.1) is 11.3 Å². The molecule has 1 aromatic rings. The van der Waals surface area contributed by atoms with Crippen molar-refractivity contribution < 1.29 is 4.79 Å². The summed E-state index contributed by atoms with van der Waals surface area (Å²) in [6.07, 6.45) is 0.889. The van der Waals surface area contributed by atoms with Crippen molar-refractivity contribution in [3.8, 4) is 0 Å². The van der Waals surface area contributed by atoms with Crippen molar-refractivity contribution in [3.05, 3.63) is 29.1 Å². The average Bonchev–Trinajstić information content (AvgIpc) is 2.27. The molecule has 0 saturated carbocycles. The van der Waals surface area contributed by atoms with Gasteiger partial charge in [-0.05, 0) is 38.3 Å². The van der Waals surface area contributed by atoms with Gasteiger partial charge in [0.2, 0.25) is 0 Å². The first-order valence-corrected chi connectivity index (χ1v) is 6.39. The molecule has 1 unspecified atom stereocenters. The molecule has 1 rings (SSSR count). The number of amides is 1. The highest BCUT2D eigenvalue weighted by molar-refractivity contribution is 5.95. The molecule has 1 amide bonds. The van der Waals surface area contributed by atoms with Crippen LogP contribution >= 0.6 is 0 Å². The van der Waals surface area contributed by atoms with E-state index in [2.05, 4.69) is 24.1 Å². The fourth-order valence-corrected chi connectivity index (χ4v) is 1.97. The zero-order chi connectivity index (χ0) is 13.7. The average molecular weight is 249 g/mol. The number of carbonyl (C=O) groups excluding carboxylic acids is 1. The Bertz CT molecular complexity index is 416. The summed E-state index contributed by atoms with van der Waals surface area (Å²) in [6, 6.07) is 3.69. The summed E-state index contributed by atoms with van der Waals surface area (Å²) in [4.78, 5) is 16.4. The van der Waals surface area contributed by atoms with E-state index < -0.39 is 0 Å². The maximum Gasteiger partial charge on any atom is 0.253 e. The molecule has 0 saturated heterocycles. The summed E-state index contributed by atoms with van der Waals surface area (Å²) in [7, 11) is 0. The summed E-state index contributed by atoms with van der Waals surface area (Å²) in [6.45, 7) is 8.46. The molecule has 1 aromatic heterocycles. The third kappa shape index (κ3) is 4.11. The monoisotopic (exact) mass is 249 g/mol. The molecule has 18 heavy (non-hydrogen) atoms. The Morgan fingerprint density at radius 2 is 2.06 bits per heavy atom. The lowest BCUT2D eigenvalue weighted by atomic mass is 10.0. The Balaban J connectivity index is 2.74. The molecule has 0 fully saturated rings. The summed E-state index contributed by atoms with van der Waals surface area (Å²) in [5.74, 6) is 0.423. The molecular formula is C14H23N3O. The van der Waals surface area contributed by atoms with Crippen molar-refractivity contribution in [2.45, 2.75) is 40.2 Å². The van der Waals surface area contributed by atoms with Crippen molar-refractivity contribution in [1.82, 2.24) is 10.3 Å². The second kappa shape index (κ2) is 6.50. The number of pyridine rings is 1. The van der Waals surface area contributed by atoms with Crippen LogP contribution in [-0.2, 0) is 0 Å². The van der Waals surface area contributed by atoms with Gasteiger partial charge >= 0.3 is 0 Å². The zero-order valence-electron chi connectivity index (χ0n) is 11.7. The van der Waals surface area contributed by atoms with Crippen molar-refractivity contribution >= 4 is 5.91 Å². The van der Waals surface area contributed by atoms with Gasteiger partial charge in [-0.2, -0.15) is 0 Å². The Kier molecular flexibility index (Phi) is 5.28. The minimum atomic E-state index is -0.0869. The molecule has 0 aliphatic carbocycles. The van der Waals surface area contributed by atoms with Gasteiger partial charge in [-0.3, -0.25) is 9.78 Å². The van der Waals surface area contributed by atoms with Crippen LogP contribution in [0.15, 0.2) is 12.1 Å². The predicted octanol–water partition coefficient (Wildman–Crippen LogP) is 1.80. The number of carbonyl (C=O) groups is 1. The first kappa shape index (κ1) is 14.6. The highest BCUT2D eigenvalue weighted by atomic mass is 16.1. The number of aryl methyl sites for hydroxylation is 2. The lowest BCUT2D eigenvalue weighted by Crippen LogP contribution is -2.41. The van der Waals surface area contributed by atoms with E-state index in [-0.39, 0.29) is 11.9 Å². The van der Waals surface area contributed by atoms with E-state index in [0.717, 1.165) is 17.8 Å². The molecular weight excluding hydrogens is 226 g/mol. The van der Waals surface area contributed by atoms with Gasteiger partial charge in [0.25, 0.3) is 5.91 Å². The standard InChI is InChI=1S/C14H23N3O/c1-9(2)7-12(8-15)17-14(18)13-6-5-10(3)16-11(13)4/h5-6,9,12H,7-8,15H2,1-4H3,(H,17,18). The lowest BCUT2D eigenvalue weighted by molar-refractivity contribution is 0.0932. The van der Waals surface area contributed by atoms with Crippen LogP contribution in [0.25, 0.3) is 0 Å². The second-order valence-corrected chi connectivity index (χ2v) is 5.12. The summed E-state index contributed by atoms with van der Waals surface area (Å²) < 4.78 is 0. The first-order valence-electron chi connectivity index (χ1n) is 6.39. The van der Waals surface area contributed by atoms with Gasteiger partial charge in [0, 0.05) is 18.3 Å². The van der Waals surface area contributed by atoms with Crippen LogP contribution in [0.1, 0.15) is 42.0 Å². The fraction of sp³-hybridized carbons (Fsp3) is 0.571.